The fourth-order valence-corrected chi connectivity index (χ4v) is 3.13. The normalized spacial score (nSPS) is 19.0. The highest BCUT2D eigenvalue weighted by Crippen LogP contribution is 2.36. The van der Waals surface area contributed by atoms with Crippen molar-refractivity contribution in [2.75, 3.05) is 19.0 Å². The third-order valence-corrected chi connectivity index (χ3v) is 3.90. The minimum Gasteiger partial charge on any atom is -0.493 e. The van der Waals surface area contributed by atoms with Crippen LogP contribution in [0.4, 0.5) is 5.69 Å². The molecule has 104 valence electrons. The lowest BCUT2D eigenvalue weighted by Gasteiger charge is -2.23. The van der Waals surface area contributed by atoms with E-state index in [0.717, 1.165) is 30.3 Å². The predicted molar refractivity (Wildman–Crippen MR) is 80.0 cm³/mol. The van der Waals surface area contributed by atoms with Crippen molar-refractivity contribution in [3.63, 3.8) is 0 Å². The summed E-state index contributed by atoms with van der Waals surface area (Å²) in [6, 6.07) is 3.28. The molecule has 0 aliphatic carbocycles. The van der Waals surface area contributed by atoms with E-state index in [1.807, 2.05) is 0 Å². The van der Waals surface area contributed by atoms with Crippen LogP contribution >= 0.6 is 27.5 Å². The number of carbonyl (C=O) groups is 1. The van der Waals surface area contributed by atoms with E-state index in [9.17, 15) is 4.79 Å². The zero-order chi connectivity index (χ0) is 13.8. The number of nitrogens with one attached hydrogen (secondary N) is 2. The molecule has 1 fully saturated rings. The zero-order valence-electron chi connectivity index (χ0n) is 10.6. The SMILES string of the molecule is COc1c(Br)cc(Cl)cc1NC(=O)C1CCCCN1. The second-order valence-corrected chi connectivity index (χ2v) is 5.75. The molecule has 1 aromatic carbocycles. The van der Waals surface area contributed by atoms with Crippen LogP contribution in [0.5, 0.6) is 5.75 Å². The molecule has 1 amide bonds. The van der Waals surface area contributed by atoms with E-state index in [2.05, 4.69) is 26.6 Å². The van der Waals surface area contributed by atoms with Crippen LogP contribution in [0.2, 0.25) is 5.02 Å². The van der Waals surface area contributed by atoms with Gasteiger partial charge in [-0.2, -0.15) is 0 Å². The summed E-state index contributed by atoms with van der Waals surface area (Å²) in [5.74, 6) is 0.528. The van der Waals surface area contributed by atoms with E-state index >= 15 is 0 Å². The average molecular weight is 348 g/mol. The van der Waals surface area contributed by atoms with E-state index in [1.54, 1.807) is 19.2 Å². The van der Waals surface area contributed by atoms with Gasteiger partial charge in [-0.25, -0.2) is 0 Å². The molecular weight excluding hydrogens is 332 g/mol. The lowest BCUT2D eigenvalue weighted by Crippen LogP contribution is -2.43. The van der Waals surface area contributed by atoms with Crippen molar-refractivity contribution in [3.8, 4) is 5.75 Å². The molecule has 1 saturated heterocycles. The fourth-order valence-electron chi connectivity index (χ4n) is 2.16. The number of ether oxygens (including phenoxy) is 1. The molecule has 6 heteroatoms. The Morgan fingerprint density at radius 2 is 2.32 bits per heavy atom. The van der Waals surface area contributed by atoms with Crippen LogP contribution in [-0.4, -0.2) is 25.6 Å². The van der Waals surface area contributed by atoms with Gasteiger partial charge in [0.1, 0.15) is 0 Å². The van der Waals surface area contributed by atoms with E-state index in [4.69, 9.17) is 16.3 Å². The largest absolute Gasteiger partial charge is 0.493 e. The minimum absolute atomic E-state index is 0.0489. The Morgan fingerprint density at radius 3 is 2.95 bits per heavy atom. The topological polar surface area (TPSA) is 50.4 Å². The molecule has 0 bridgehead atoms. The van der Waals surface area contributed by atoms with Crippen LogP contribution in [0.1, 0.15) is 19.3 Å². The molecule has 1 aromatic rings. The molecular formula is C13H16BrClN2O2. The number of anilines is 1. The molecule has 2 rings (SSSR count). The maximum Gasteiger partial charge on any atom is 0.241 e. The van der Waals surface area contributed by atoms with Crippen molar-refractivity contribution >= 4 is 39.1 Å². The molecule has 0 spiro atoms. The summed E-state index contributed by atoms with van der Waals surface area (Å²) in [7, 11) is 1.56. The fraction of sp³-hybridized carbons (Fsp3) is 0.462. The van der Waals surface area contributed by atoms with Crippen LogP contribution < -0.4 is 15.4 Å². The minimum atomic E-state index is -0.142. The molecule has 1 heterocycles. The molecule has 0 radical (unpaired) electrons. The van der Waals surface area contributed by atoms with Crippen molar-refractivity contribution in [1.82, 2.24) is 5.32 Å². The Kier molecular flexibility index (Phi) is 5.07. The third-order valence-electron chi connectivity index (χ3n) is 3.10. The monoisotopic (exact) mass is 346 g/mol. The third kappa shape index (κ3) is 3.61. The highest BCUT2D eigenvalue weighted by atomic mass is 79.9. The lowest BCUT2D eigenvalue weighted by atomic mass is 10.0. The van der Waals surface area contributed by atoms with Crippen LogP contribution in [0.15, 0.2) is 16.6 Å². The first-order valence-corrected chi connectivity index (χ1v) is 7.36. The molecule has 0 aromatic heterocycles. The van der Waals surface area contributed by atoms with E-state index in [0.29, 0.717) is 16.5 Å². The van der Waals surface area contributed by atoms with Gasteiger partial charge in [0.2, 0.25) is 5.91 Å². The second-order valence-electron chi connectivity index (χ2n) is 4.46. The first-order valence-electron chi connectivity index (χ1n) is 6.19. The highest BCUT2D eigenvalue weighted by Gasteiger charge is 2.22. The number of methoxy groups -OCH3 is 1. The first-order chi connectivity index (χ1) is 9.11. The molecule has 1 unspecified atom stereocenters. The Morgan fingerprint density at radius 1 is 1.53 bits per heavy atom. The Hall–Kier alpha value is -0.780. The predicted octanol–water partition coefficient (Wildman–Crippen LogP) is 3.19. The number of amides is 1. The second kappa shape index (κ2) is 6.59. The summed E-state index contributed by atoms with van der Waals surface area (Å²) in [4.78, 5) is 12.2. The van der Waals surface area contributed by atoms with Gasteiger partial charge in [0.15, 0.2) is 5.75 Å². The molecule has 1 aliphatic heterocycles. The summed E-state index contributed by atoms with van der Waals surface area (Å²) in [5.41, 5.74) is 0.583. The number of benzene rings is 1. The molecule has 0 saturated carbocycles. The van der Waals surface area contributed by atoms with Gasteiger partial charge in [0, 0.05) is 5.02 Å². The smallest absolute Gasteiger partial charge is 0.241 e. The Balaban J connectivity index is 2.15. The van der Waals surface area contributed by atoms with Crippen LogP contribution in [-0.2, 0) is 4.79 Å². The van der Waals surface area contributed by atoms with Gasteiger partial charge < -0.3 is 15.4 Å². The van der Waals surface area contributed by atoms with Crippen LogP contribution in [0.3, 0.4) is 0 Å². The van der Waals surface area contributed by atoms with Gasteiger partial charge in [-0.1, -0.05) is 18.0 Å². The number of carbonyl (C=O) groups excluding carboxylic acids is 1. The quantitative estimate of drug-likeness (QED) is 0.883. The molecule has 1 atom stereocenters. The molecule has 19 heavy (non-hydrogen) atoms. The number of hydrogen-bond acceptors (Lipinski definition) is 3. The van der Waals surface area contributed by atoms with Crippen LogP contribution in [0.25, 0.3) is 0 Å². The van der Waals surface area contributed by atoms with Gasteiger partial charge in [-0.05, 0) is 47.4 Å². The number of halogens is 2. The van der Waals surface area contributed by atoms with Gasteiger partial charge in [0.25, 0.3) is 0 Å². The van der Waals surface area contributed by atoms with E-state index in [1.165, 1.54) is 0 Å². The highest BCUT2D eigenvalue weighted by molar-refractivity contribution is 9.10. The number of rotatable bonds is 3. The zero-order valence-corrected chi connectivity index (χ0v) is 13.0. The lowest BCUT2D eigenvalue weighted by molar-refractivity contribution is -0.118. The first kappa shape index (κ1) is 14.6. The number of hydrogen-bond donors (Lipinski definition) is 2. The Bertz CT molecular complexity index is 476. The Labute approximate surface area is 126 Å². The van der Waals surface area contributed by atoms with Crippen molar-refractivity contribution in [2.45, 2.75) is 25.3 Å². The number of piperidine rings is 1. The summed E-state index contributed by atoms with van der Waals surface area (Å²) < 4.78 is 6.00. The van der Waals surface area contributed by atoms with Gasteiger partial charge >= 0.3 is 0 Å². The van der Waals surface area contributed by atoms with Gasteiger partial charge in [-0.3, -0.25) is 4.79 Å². The molecule has 4 nitrogen and oxygen atoms in total. The molecule has 1 aliphatic rings. The van der Waals surface area contributed by atoms with E-state index < -0.39 is 0 Å². The maximum absolute atomic E-state index is 12.2. The van der Waals surface area contributed by atoms with Gasteiger partial charge in [-0.15, -0.1) is 0 Å². The van der Waals surface area contributed by atoms with Crippen LogP contribution in [0, 0.1) is 0 Å². The van der Waals surface area contributed by atoms with Crippen molar-refractivity contribution in [2.24, 2.45) is 0 Å². The summed E-state index contributed by atoms with van der Waals surface area (Å²) >= 11 is 9.36. The average Bonchev–Trinajstić information content (AvgIpc) is 2.39. The van der Waals surface area contributed by atoms with Crippen molar-refractivity contribution < 1.29 is 9.53 Å². The van der Waals surface area contributed by atoms with Crippen molar-refractivity contribution in [3.05, 3.63) is 21.6 Å². The maximum atomic E-state index is 12.2. The summed E-state index contributed by atoms with van der Waals surface area (Å²) in [5, 5.41) is 6.62. The summed E-state index contributed by atoms with van der Waals surface area (Å²) in [6.45, 7) is 0.883. The van der Waals surface area contributed by atoms with Crippen molar-refractivity contribution in [1.29, 1.82) is 0 Å². The standard InChI is InChI=1S/C13H16BrClN2O2/c1-19-12-9(14)6-8(15)7-11(12)17-13(18)10-4-2-3-5-16-10/h6-7,10,16H,2-5H2,1H3,(H,17,18). The summed E-state index contributed by atoms with van der Waals surface area (Å²) in [6.07, 6.45) is 3.05. The van der Waals surface area contributed by atoms with Gasteiger partial charge in [0.05, 0.1) is 23.3 Å². The van der Waals surface area contributed by atoms with E-state index in [-0.39, 0.29) is 11.9 Å². The molecule has 2 N–H and O–H groups in total.